The molecule has 28 heavy (non-hydrogen) atoms. The van der Waals surface area contributed by atoms with Crippen LogP contribution in [0.4, 0.5) is 0 Å². The average Bonchev–Trinajstić information content (AvgIpc) is 2.63. The Morgan fingerprint density at radius 1 is 1.00 bits per heavy atom. The summed E-state index contributed by atoms with van der Waals surface area (Å²) in [7, 11) is -3.95. The molecule has 0 saturated carbocycles. The molecule has 7 nitrogen and oxygen atoms in total. The SMILES string of the molecule is CC(=O)NCC(C(=O)OC(C)C)c1ccc(OS(=O)(=O)c2ccccc2)cc1. The monoisotopic (exact) mass is 405 g/mol. The molecule has 0 saturated heterocycles. The summed E-state index contributed by atoms with van der Waals surface area (Å²) in [6, 6.07) is 13.9. The summed E-state index contributed by atoms with van der Waals surface area (Å²) in [6.45, 7) is 4.90. The molecule has 0 aromatic heterocycles. The van der Waals surface area contributed by atoms with Crippen molar-refractivity contribution in [3.05, 3.63) is 60.2 Å². The molecular formula is C20H23NO6S. The second-order valence-electron chi connectivity index (χ2n) is 6.39. The quantitative estimate of drug-likeness (QED) is 0.535. The molecule has 2 rings (SSSR count). The molecule has 1 unspecified atom stereocenters. The maximum atomic E-state index is 12.4. The van der Waals surface area contributed by atoms with Crippen molar-refractivity contribution < 1.29 is 26.9 Å². The molecule has 1 N–H and O–H groups in total. The Bertz CT molecular complexity index is 907. The minimum atomic E-state index is -3.95. The van der Waals surface area contributed by atoms with Crippen LogP contribution in [0.5, 0.6) is 5.75 Å². The number of nitrogens with one attached hydrogen (secondary N) is 1. The van der Waals surface area contributed by atoms with E-state index in [2.05, 4.69) is 5.32 Å². The van der Waals surface area contributed by atoms with Crippen molar-refractivity contribution in [2.45, 2.75) is 37.7 Å². The maximum absolute atomic E-state index is 12.4. The number of carbonyl (C=O) groups excluding carboxylic acids is 2. The van der Waals surface area contributed by atoms with E-state index in [9.17, 15) is 18.0 Å². The number of hydrogen-bond donors (Lipinski definition) is 1. The molecule has 0 aliphatic rings. The molecule has 0 aliphatic heterocycles. The summed E-state index contributed by atoms with van der Waals surface area (Å²) < 4.78 is 34.9. The van der Waals surface area contributed by atoms with Crippen LogP contribution in [-0.4, -0.2) is 32.9 Å². The van der Waals surface area contributed by atoms with E-state index in [1.54, 1.807) is 44.2 Å². The molecule has 1 amide bonds. The van der Waals surface area contributed by atoms with Crippen LogP contribution in [0, 0.1) is 0 Å². The third-order valence-electron chi connectivity index (χ3n) is 3.71. The Morgan fingerprint density at radius 2 is 1.61 bits per heavy atom. The molecule has 8 heteroatoms. The molecule has 2 aromatic rings. The molecular weight excluding hydrogens is 382 g/mol. The zero-order valence-electron chi connectivity index (χ0n) is 15.9. The third kappa shape index (κ3) is 6.09. The highest BCUT2D eigenvalue weighted by atomic mass is 32.2. The summed E-state index contributed by atoms with van der Waals surface area (Å²) >= 11 is 0. The predicted octanol–water partition coefficient (Wildman–Crippen LogP) is 2.63. The molecule has 0 heterocycles. The van der Waals surface area contributed by atoms with E-state index in [1.807, 2.05) is 0 Å². The first kappa shape index (κ1) is 21.4. The molecule has 0 bridgehead atoms. The van der Waals surface area contributed by atoms with Crippen LogP contribution in [-0.2, 0) is 24.4 Å². The van der Waals surface area contributed by atoms with Crippen LogP contribution in [0.1, 0.15) is 32.3 Å². The molecule has 2 aromatic carbocycles. The molecule has 0 fully saturated rings. The van der Waals surface area contributed by atoms with E-state index >= 15 is 0 Å². The third-order valence-corrected chi connectivity index (χ3v) is 4.97. The normalized spacial score (nSPS) is 12.3. The number of hydrogen-bond acceptors (Lipinski definition) is 6. The molecule has 1 atom stereocenters. The van der Waals surface area contributed by atoms with Crippen LogP contribution < -0.4 is 9.50 Å². The first-order chi connectivity index (χ1) is 13.2. The molecule has 0 spiro atoms. The zero-order chi connectivity index (χ0) is 20.7. The Balaban J connectivity index is 2.19. The van der Waals surface area contributed by atoms with Crippen molar-refractivity contribution in [2.24, 2.45) is 0 Å². The second kappa shape index (κ2) is 9.36. The number of rotatable bonds is 8. The smallest absolute Gasteiger partial charge is 0.339 e. The first-order valence-electron chi connectivity index (χ1n) is 8.73. The highest BCUT2D eigenvalue weighted by Crippen LogP contribution is 2.23. The van der Waals surface area contributed by atoms with Gasteiger partial charge in [0.15, 0.2) is 0 Å². The fourth-order valence-corrected chi connectivity index (χ4v) is 3.37. The lowest BCUT2D eigenvalue weighted by Gasteiger charge is -2.18. The van der Waals surface area contributed by atoms with Crippen LogP contribution in [0.3, 0.4) is 0 Å². The second-order valence-corrected chi connectivity index (χ2v) is 7.94. The van der Waals surface area contributed by atoms with E-state index < -0.39 is 22.0 Å². The van der Waals surface area contributed by atoms with Gasteiger partial charge in [-0.3, -0.25) is 9.59 Å². The first-order valence-corrected chi connectivity index (χ1v) is 10.1. The van der Waals surface area contributed by atoms with Crippen LogP contribution in [0.15, 0.2) is 59.5 Å². The van der Waals surface area contributed by atoms with Gasteiger partial charge in [-0.05, 0) is 43.7 Å². The lowest BCUT2D eigenvalue weighted by molar-refractivity contribution is -0.149. The Morgan fingerprint density at radius 3 is 2.14 bits per heavy atom. The van der Waals surface area contributed by atoms with Gasteiger partial charge < -0.3 is 14.2 Å². The van der Waals surface area contributed by atoms with Gasteiger partial charge in [0, 0.05) is 13.5 Å². The van der Waals surface area contributed by atoms with Crippen molar-refractivity contribution in [1.82, 2.24) is 5.32 Å². The number of benzene rings is 2. The summed E-state index contributed by atoms with van der Waals surface area (Å²) in [6.07, 6.45) is -0.300. The maximum Gasteiger partial charge on any atom is 0.339 e. The van der Waals surface area contributed by atoms with E-state index in [-0.39, 0.29) is 29.2 Å². The van der Waals surface area contributed by atoms with Crippen molar-refractivity contribution in [3.63, 3.8) is 0 Å². The number of ether oxygens (including phenoxy) is 1. The van der Waals surface area contributed by atoms with E-state index in [0.717, 1.165) is 0 Å². The summed E-state index contributed by atoms with van der Waals surface area (Å²) in [4.78, 5) is 23.6. The largest absolute Gasteiger partial charge is 0.462 e. The highest BCUT2D eigenvalue weighted by molar-refractivity contribution is 7.87. The minimum absolute atomic E-state index is 0.0446. The molecule has 150 valence electrons. The minimum Gasteiger partial charge on any atom is -0.462 e. The number of carbonyl (C=O) groups is 2. The van der Waals surface area contributed by atoms with Gasteiger partial charge in [-0.2, -0.15) is 8.42 Å². The average molecular weight is 405 g/mol. The van der Waals surface area contributed by atoms with Gasteiger partial charge in [0.2, 0.25) is 5.91 Å². The van der Waals surface area contributed by atoms with Crippen molar-refractivity contribution in [2.75, 3.05) is 6.54 Å². The Kier molecular flexibility index (Phi) is 7.17. The molecule has 0 radical (unpaired) electrons. The van der Waals surface area contributed by atoms with E-state index in [0.29, 0.717) is 5.56 Å². The lowest BCUT2D eigenvalue weighted by Crippen LogP contribution is -2.32. The van der Waals surface area contributed by atoms with E-state index in [4.69, 9.17) is 8.92 Å². The fraction of sp³-hybridized carbons (Fsp3) is 0.300. The highest BCUT2D eigenvalue weighted by Gasteiger charge is 2.24. The topological polar surface area (TPSA) is 98.8 Å². The van der Waals surface area contributed by atoms with Crippen LogP contribution >= 0.6 is 0 Å². The summed E-state index contributed by atoms with van der Waals surface area (Å²) in [5.41, 5.74) is 0.573. The Hall–Kier alpha value is -2.87. The fourth-order valence-electron chi connectivity index (χ4n) is 2.42. The number of amides is 1. The van der Waals surface area contributed by atoms with Gasteiger partial charge in [-0.25, -0.2) is 0 Å². The van der Waals surface area contributed by atoms with Gasteiger partial charge in [-0.15, -0.1) is 0 Å². The number of esters is 1. The van der Waals surface area contributed by atoms with Gasteiger partial charge in [-0.1, -0.05) is 30.3 Å². The Labute approximate surface area is 164 Å². The molecule has 0 aliphatic carbocycles. The van der Waals surface area contributed by atoms with Crippen LogP contribution in [0.2, 0.25) is 0 Å². The van der Waals surface area contributed by atoms with Gasteiger partial charge in [0.25, 0.3) is 0 Å². The van der Waals surface area contributed by atoms with Crippen molar-refractivity contribution in [1.29, 1.82) is 0 Å². The predicted molar refractivity (Wildman–Crippen MR) is 103 cm³/mol. The van der Waals surface area contributed by atoms with Crippen molar-refractivity contribution >= 4 is 22.0 Å². The van der Waals surface area contributed by atoms with Crippen molar-refractivity contribution in [3.8, 4) is 5.75 Å². The zero-order valence-corrected chi connectivity index (χ0v) is 16.7. The van der Waals surface area contributed by atoms with Gasteiger partial charge >= 0.3 is 16.1 Å². The van der Waals surface area contributed by atoms with E-state index in [1.165, 1.54) is 31.2 Å². The van der Waals surface area contributed by atoms with Crippen LogP contribution in [0.25, 0.3) is 0 Å². The summed E-state index contributed by atoms with van der Waals surface area (Å²) in [5, 5.41) is 2.61. The van der Waals surface area contributed by atoms with Gasteiger partial charge in [0.1, 0.15) is 10.6 Å². The standard InChI is InChI=1S/C20H23NO6S/c1-14(2)26-20(23)19(13-21-15(3)22)16-9-11-17(12-10-16)27-28(24,25)18-7-5-4-6-8-18/h4-12,14,19H,13H2,1-3H3,(H,21,22). The lowest BCUT2D eigenvalue weighted by atomic mass is 9.99. The van der Waals surface area contributed by atoms with Gasteiger partial charge in [0.05, 0.1) is 12.0 Å². The summed E-state index contributed by atoms with van der Waals surface area (Å²) in [5.74, 6) is -1.35.